The molecule has 2 aromatic carbocycles. The van der Waals surface area contributed by atoms with Crippen molar-refractivity contribution in [3.05, 3.63) is 59.6 Å². The number of methoxy groups -OCH3 is 1. The Kier molecular flexibility index (Phi) is 3.52. The number of fused-ring (bicyclic) bond motifs is 1. The van der Waals surface area contributed by atoms with Crippen LogP contribution >= 0.6 is 0 Å². The molecule has 0 aliphatic rings. The van der Waals surface area contributed by atoms with E-state index in [-0.39, 0.29) is 5.82 Å². The summed E-state index contributed by atoms with van der Waals surface area (Å²) in [6.07, 6.45) is 0. The van der Waals surface area contributed by atoms with Crippen LogP contribution in [0.4, 0.5) is 10.1 Å². The maximum absolute atomic E-state index is 13.8. The van der Waals surface area contributed by atoms with Crippen LogP contribution < -0.4 is 10.1 Å². The van der Waals surface area contributed by atoms with Crippen molar-refractivity contribution in [2.45, 2.75) is 13.5 Å². The molecule has 0 aliphatic heterocycles. The number of nitrogens with one attached hydrogen (secondary N) is 1. The molecule has 1 N–H and O–H groups in total. The Bertz CT molecular complexity index is 780. The lowest BCUT2D eigenvalue weighted by atomic mass is 10.1. The van der Waals surface area contributed by atoms with E-state index < -0.39 is 0 Å². The fourth-order valence-electron chi connectivity index (χ4n) is 2.39. The van der Waals surface area contributed by atoms with E-state index in [1.165, 1.54) is 6.07 Å². The third-order valence-corrected chi connectivity index (χ3v) is 3.53. The van der Waals surface area contributed by atoms with Crippen LogP contribution in [0.15, 0.2) is 46.9 Å². The average molecular weight is 285 g/mol. The van der Waals surface area contributed by atoms with Crippen LogP contribution in [0.3, 0.4) is 0 Å². The number of benzene rings is 2. The van der Waals surface area contributed by atoms with Crippen LogP contribution in [-0.2, 0) is 6.54 Å². The van der Waals surface area contributed by atoms with Gasteiger partial charge in [-0.3, -0.25) is 0 Å². The fraction of sp³-hybridized carbons (Fsp3) is 0.176. The summed E-state index contributed by atoms with van der Waals surface area (Å²) in [5.41, 5.74) is 2.30. The molecule has 0 amide bonds. The average Bonchev–Trinajstić information content (AvgIpc) is 2.82. The first kappa shape index (κ1) is 13.5. The molecule has 0 aliphatic carbocycles. The van der Waals surface area contributed by atoms with Gasteiger partial charge in [0, 0.05) is 23.6 Å². The number of ether oxygens (including phenoxy) is 1. The van der Waals surface area contributed by atoms with Gasteiger partial charge in [-0.25, -0.2) is 4.39 Å². The van der Waals surface area contributed by atoms with Crippen LogP contribution in [-0.4, -0.2) is 7.11 Å². The first-order valence-corrected chi connectivity index (χ1v) is 6.73. The van der Waals surface area contributed by atoms with Gasteiger partial charge in [-0.2, -0.15) is 0 Å². The number of aryl methyl sites for hydroxylation is 1. The molecule has 3 rings (SSSR count). The fourth-order valence-corrected chi connectivity index (χ4v) is 2.39. The molecule has 0 saturated heterocycles. The molecule has 0 spiro atoms. The van der Waals surface area contributed by atoms with E-state index in [2.05, 4.69) is 5.32 Å². The van der Waals surface area contributed by atoms with Gasteiger partial charge in [0.1, 0.15) is 22.9 Å². The minimum atomic E-state index is -0.304. The first-order valence-electron chi connectivity index (χ1n) is 6.73. The number of para-hydroxylation sites is 1. The minimum Gasteiger partial charge on any atom is -0.497 e. The van der Waals surface area contributed by atoms with E-state index in [4.69, 9.17) is 9.15 Å². The summed E-state index contributed by atoms with van der Waals surface area (Å²) in [6.45, 7) is 2.41. The summed E-state index contributed by atoms with van der Waals surface area (Å²) in [7, 11) is 1.56. The Morgan fingerprint density at radius 2 is 2.00 bits per heavy atom. The number of anilines is 1. The van der Waals surface area contributed by atoms with E-state index in [9.17, 15) is 4.39 Å². The van der Waals surface area contributed by atoms with Crippen LogP contribution in [0.2, 0.25) is 0 Å². The largest absolute Gasteiger partial charge is 0.497 e. The van der Waals surface area contributed by atoms with E-state index in [1.807, 2.05) is 31.2 Å². The standard InChI is InChI=1S/C17H16FNO2/c1-11-14(13-5-3-4-6-17(13)21-11)10-19-16-9-12(20-2)7-8-15(16)18/h3-9,19H,10H2,1-2H3. The van der Waals surface area contributed by atoms with Crippen molar-refractivity contribution < 1.29 is 13.5 Å². The molecule has 0 atom stereocenters. The van der Waals surface area contributed by atoms with E-state index in [1.54, 1.807) is 19.2 Å². The second-order valence-corrected chi connectivity index (χ2v) is 4.83. The Labute approximate surface area is 122 Å². The zero-order valence-electron chi connectivity index (χ0n) is 11.9. The van der Waals surface area contributed by atoms with Crippen molar-refractivity contribution in [2.24, 2.45) is 0 Å². The van der Waals surface area contributed by atoms with Crippen LogP contribution in [0.1, 0.15) is 11.3 Å². The summed E-state index contributed by atoms with van der Waals surface area (Å²) in [6, 6.07) is 12.5. The number of rotatable bonds is 4. The van der Waals surface area contributed by atoms with Crippen molar-refractivity contribution in [3.8, 4) is 5.75 Å². The Morgan fingerprint density at radius 1 is 1.19 bits per heavy atom. The Morgan fingerprint density at radius 3 is 2.81 bits per heavy atom. The first-order chi connectivity index (χ1) is 10.2. The number of hydrogen-bond donors (Lipinski definition) is 1. The summed E-state index contributed by atoms with van der Waals surface area (Å²) in [4.78, 5) is 0. The molecular weight excluding hydrogens is 269 g/mol. The molecule has 0 radical (unpaired) electrons. The van der Waals surface area contributed by atoms with Gasteiger partial charge in [0.15, 0.2) is 0 Å². The lowest BCUT2D eigenvalue weighted by Gasteiger charge is -2.09. The Balaban J connectivity index is 1.88. The highest BCUT2D eigenvalue weighted by molar-refractivity contribution is 5.82. The maximum Gasteiger partial charge on any atom is 0.146 e. The summed E-state index contributed by atoms with van der Waals surface area (Å²) in [5.74, 6) is 1.15. The smallest absolute Gasteiger partial charge is 0.146 e. The predicted octanol–water partition coefficient (Wildman–Crippen LogP) is 4.50. The molecule has 4 heteroatoms. The third-order valence-electron chi connectivity index (χ3n) is 3.53. The zero-order valence-corrected chi connectivity index (χ0v) is 11.9. The van der Waals surface area contributed by atoms with Gasteiger partial charge in [0.2, 0.25) is 0 Å². The van der Waals surface area contributed by atoms with Gasteiger partial charge >= 0.3 is 0 Å². The minimum absolute atomic E-state index is 0.304. The van der Waals surface area contributed by atoms with Crippen LogP contribution in [0.25, 0.3) is 11.0 Å². The lowest BCUT2D eigenvalue weighted by molar-refractivity contribution is 0.414. The van der Waals surface area contributed by atoms with Crippen molar-refractivity contribution in [3.63, 3.8) is 0 Å². The molecule has 0 unspecified atom stereocenters. The van der Waals surface area contributed by atoms with Crippen molar-refractivity contribution in [1.29, 1.82) is 0 Å². The van der Waals surface area contributed by atoms with Gasteiger partial charge in [0.25, 0.3) is 0 Å². The lowest BCUT2D eigenvalue weighted by Crippen LogP contribution is -2.02. The Hall–Kier alpha value is -2.49. The maximum atomic E-state index is 13.8. The molecule has 21 heavy (non-hydrogen) atoms. The van der Waals surface area contributed by atoms with Crippen molar-refractivity contribution in [1.82, 2.24) is 0 Å². The molecule has 0 saturated carbocycles. The molecule has 108 valence electrons. The van der Waals surface area contributed by atoms with Crippen molar-refractivity contribution >= 4 is 16.7 Å². The molecular formula is C17H16FNO2. The second kappa shape index (κ2) is 5.48. The van der Waals surface area contributed by atoms with Gasteiger partial charge in [-0.15, -0.1) is 0 Å². The summed E-state index contributed by atoms with van der Waals surface area (Å²) < 4.78 is 24.6. The van der Waals surface area contributed by atoms with Gasteiger partial charge in [-0.05, 0) is 25.1 Å². The quantitative estimate of drug-likeness (QED) is 0.766. The number of halogens is 1. The molecule has 0 bridgehead atoms. The normalized spacial score (nSPS) is 10.8. The highest BCUT2D eigenvalue weighted by Gasteiger charge is 2.11. The monoisotopic (exact) mass is 285 g/mol. The molecule has 1 heterocycles. The third kappa shape index (κ3) is 2.57. The second-order valence-electron chi connectivity index (χ2n) is 4.83. The van der Waals surface area contributed by atoms with E-state index >= 15 is 0 Å². The number of hydrogen-bond acceptors (Lipinski definition) is 3. The van der Waals surface area contributed by atoms with Crippen LogP contribution in [0, 0.1) is 12.7 Å². The van der Waals surface area contributed by atoms with Gasteiger partial charge < -0.3 is 14.5 Å². The van der Waals surface area contributed by atoms with E-state index in [0.717, 1.165) is 22.3 Å². The van der Waals surface area contributed by atoms with Gasteiger partial charge in [0.05, 0.1) is 12.8 Å². The van der Waals surface area contributed by atoms with Crippen molar-refractivity contribution in [2.75, 3.05) is 12.4 Å². The number of furan rings is 1. The topological polar surface area (TPSA) is 34.4 Å². The summed E-state index contributed by atoms with van der Waals surface area (Å²) >= 11 is 0. The zero-order chi connectivity index (χ0) is 14.8. The van der Waals surface area contributed by atoms with Gasteiger partial charge in [-0.1, -0.05) is 18.2 Å². The molecule has 0 fully saturated rings. The molecule has 3 nitrogen and oxygen atoms in total. The highest BCUT2D eigenvalue weighted by atomic mass is 19.1. The molecule has 3 aromatic rings. The highest BCUT2D eigenvalue weighted by Crippen LogP contribution is 2.27. The SMILES string of the molecule is COc1ccc(F)c(NCc2c(C)oc3ccccc23)c1. The molecule has 1 aromatic heterocycles. The summed E-state index contributed by atoms with van der Waals surface area (Å²) in [5, 5.41) is 4.16. The van der Waals surface area contributed by atoms with Crippen LogP contribution in [0.5, 0.6) is 5.75 Å². The van der Waals surface area contributed by atoms with E-state index in [0.29, 0.717) is 18.0 Å². The predicted molar refractivity (Wildman–Crippen MR) is 81.2 cm³/mol.